The molecule has 0 bridgehead atoms. The number of halogens is 6. The van der Waals surface area contributed by atoms with Gasteiger partial charge < -0.3 is 19.3 Å². The van der Waals surface area contributed by atoms with Gasteiger partial charge in [-0.25, -0.2) is 13.6 Å². The van der Waals surface area contributed by atoms with Crippen LogP contribution in [-0.2, 0) is 10.9 Å². The molecule has 234 valence electrons. The maximum Gasteiger partial charge on any atom is 0.417 e. The Morgan fingerprint density at radius 1 is 1.17 bits per heavy atom. The summed E-state index contributed by atoms with van der Waals surface area (Å²) >= 11 is 2.71. The number of hydrogen-bond donors (Lipinski definition) is 0. The predicted molar refractivity (Wildman–Crippen MR) is 152 cm³/mol. The van der Waals surface area contributed by atoms with E-state index < -0.39 is 39.9 Å². The number of nitrogens with zero attached hydrogens (tertiary/aromatic N) is 5. The minimum atomic E-state index is -4.79. The molecule has 1 aromatic carbocycles. The van der Waals surface area contributed by atoms with E-state index in [1.165, 1.54) is 24.9 Å². The fourth-order valence-electron chi connectivity index (χ4n) is 5.78. The third kappa shape index (κ3) is 7.17. The van der Waals surface area contributed by atoms with Gasteiger partial charge in [0.15, 0.2) is 5.82 Å². The normalized spacial score (nSPS) is 22.6. The monoisotopic (exact) mass is 665 g/mol. The summed E-state index contributed by atoms with van der Waals surface area (Å²) in [7, 11) is 1.29. The summed E-state index contributed by atoms with van der Waals surface area (Å²) in [6.45, 7) is 9.99. The number of alkyl halides is 4. The van der Waals surface area contributed by atoms with E-state index >= 15 is 0 Å². The first-order valence-corrected chi connectivity index (χ1v) is 14.9. The Bertz CT molecular complexity index is 1280. The lowest BCUT2D eigenvalue weighted by Gasteiger charge is -2.30. The average molecular weight is 667 g/mol. The number of benzene rings is 1. The van der Waals surface area contributed by atoms with Gasteiger partial charge in [0.05, 0.1) is 17.1 Å². The van der Waals surface area contributed by atoms with Gasteiger partial charge in [-0.3, -0.25) is 4.90 Å². The highest BCUT2D eigenvalue weighted by molar-refractivity contribution is 9.10. The molecule has 3 saturated heterocycles. The Morgan fingerprint density at radius 3 is 2.48 bits per heavy atom. The van der Waals surface area contributed by atoms with Gasteiger partial charge in [-0.1, -0.05) is 0 Å². The molecule has 0 radical (unpaired) electrons. The zero-order chi connectivity index (χ0) is 31.0. The molecule has 8 nitrogen and oxygen atoms in total. The van der Waals surface area contributed by atoms with Crippen molar-refractivity contribution < 1.29 is 36.2 Å². The number of likely N-dealkylation sites (N-methyl/N-ethyl adjacent to an activating group) is 1. The van der Waals surface area contributed by atoms with E-state index in [0.29, 0.717) is 32.1 Å². The van der Waals surface area contributed by atoms with Crippen LogP contribution in [0.25, 0.3) is 10.9 Å². The summed E-state index contributed by atoms with van der Waals surface area (Å²) in [6.07, 6.45) is -1.91. The largest absolute Gasteiger partial charge is 0.467 e. The molecule has 5 rings (SSSR count). The number of likely N-dealkylation sites (tertiary alicyclic amines) is 1. The lowest BCUT2D eigenvalue weighted by atomic mass is 10.1. The first-order valence-electron chi connectivity index (χ1n) is 14.1. The van der Waals surface area contributed by atoms with Gasteiger partial charge in [0.1, 0.15) is 23.1 Å². The van der Waals surface area contributed by atoms with Gasteiger partial charge in [0, 0.05) is 43.6 Å². The molecular formula is C28H37BrF5N5O3. The average Bonchev–Trinajstić information content (AvgIpc) is 3.62. The highest BCUT2D eigenvalue weighted by Crippen LogP contribution is 2.42. The Morgan fingerprint density at radius 2 is 1.88 bits per heavy atom. The standard InChI is InChI=1S/C21H25BrF4N4O3.C7H12FN/c1-6-30(11-7-8-29(10-11)19(31)33-20(2,3)4)17-12-9-13(21(24,25)26)14(22)15(23)16(12)27-18(28-17)32-5;8-6-4-7-2-1-3-9(7)5-6/h9,11H,6-8,10H2,1-5H3;6-7H,1-5H2. The summed E-state index contributed by atoms with van der Waals surface area (Å²) in [5.74, 6) is -1.05. The van der Waals surface area contributed by atoms with E-state index in [9.17, 15) is 26.7 Å². The number of aromatic nitrogens is 2. The number of methoxy groups -OCH3 is 1. The van der Waals surface area contributed by atoms with Crippen LogP contribution in [0.5, 0.6) is 6.01 Å². The molecule has 4 heterocycles. The molecule has 0 spiro atoms. The van der Waals surface area contributed by atoms with Crippen molar-refractivity contribution in [3.05, 3.63) is 21.9 Å². The van der Waals surface area contributed by atoms with E-state index in [2.05, 4.69) is 30.8 Å². The third-order valence-electron chi connectivity index (χ3n) is 7.65. The first kappa shape index (κ1) is 32.4. The number of carbonyl (C=O) groups is 1. The van der Waals surface area contributed by atoms with Crippen LogP contribution in [0.2, 0.25) is 0 Å². The van der Waals surface area contributed by atoms with Crippen LogP contribution in [0.4, 0.5) is 32.6 Å². The van der Waals surface area contributed by atoms with Crippen molar-refractivity contribution in [2.45, 2.75) is 83.4 Å². The Balaban J connectivity index is 0.000000377. The molecule has 14 heteroatoms. The Kier molecular flexibility index (Phi) is 9.75. The molecule has 0 saturated carbocycles. The van der Waals surface area contributed by atoms with E-state index in [0.717, 1.165) is 19.0 Å². The summed E-state index contributed by atoms with van der Waals surface area (Å²) in [4.78, 5) is 26.2. The van der Waals surface area contributed by atoms with Crippen LogP contribution in [0.15, 0.2) is 10.5 Å². The summed E-state index contributed by atoms with van der Waals surface area (Å²) in [6, 6.07) is 0.996. The van der Waals surface area contributed by atoms with Crippen molar-refractivity contribution in [1.29, 1.82) is 0 Å². The number of hydrogen-bond acceptors (Lipinski definition) is 7. The smallest absolute Gasteiger partial charge is 0.417 e. The second kappa shape index (κ2) is 12.6. The third-order valence-corrected chi connectivity index (χ3v) is 8.42. The molecule has 3 aliphatic rings. The maximum absolute atomic E-state index is 15.0. The molecule has 1 amide bonds. The van der Waals surface area contributed by atoms with Crippen LogP contribution in [-0.4, -0.2) is 89.6 Å². The van der Waals surface area contributed by atoms with Gasteiger partial charge in [-0.2, -0.15) is 23.1 Å². The molecule has 42 heavy (non-hydrogen) atoms. The molecule has 3 aliphatic heterocycles. The number of ether oxygens (including phenoxy) is 2. The van der Waals surface area contributed by atoms with Gasteiger partial charge in [0.2, 0.25) is 0 Å². The van der Waals surface area contributed by atoms with E-state index in [4.69, 9.17) is 9.47 Å². The Labute approximate surface area is 250 Å². The van der Waals surface area contributed by atoms with Crippen LogP contribution in [0.3, 0.4) is 0 Å². The van der Waals surface area contributed by atoms with E-state index in [-0.39, 0.29) is 35.3 Å². The van der Waals surface area contributed by atoms with E-state index in [1.807, 2.05) is 0 Å². The molecular weight excluding hydrogens is 629 g/mol. The fraction of sp³-hybridized carbons (Fsp3) is 0.679. The minimum absolute atomic E-state index is 0.0959. The highest BCUT2D eigenvalue weighted by Gasteiger charge is 2.38. The van der Waals surface area contributed by atoms with Gasteiger partial charge in [0.25, 0.3) is 0 Å². The summed E-state index contributed by atoms with van der Waals surface area (Å²) in [5, 5.41) is -0.0959. The SMILES string of the molecule is CCN(c1nc(OC)nc2c(F)c(Br)c(C(F)(F)F)cc12)C1CCN(C(=O)OC(C)(C)C)C1.FC1CC2CCCN2C1. The highest BCUT2D eigenvalue weighted by atomic mass is 79.9. The summed E-state index contributed by atoms with van der Waals surface area (Å²) < 4.78 is 78.0. The minimum Gasteiger partial charge on any atom is -0.467 e. The second-order valence-electron chi connectivity index (χ2n) is 11.8. The zero-order valence-electron chi connectivity index (χ0n) is 24.4. The van der Waals surface area contributed by atoms with Gasteiger partial charge >= 0.3 is 18.3 Å². The first-order chi connectivity index (χ1) is 19.6. The zero-order valence-corrected chi connectivity index (χ0v) is 26.0. The van der Waals surface area contributed by atoms with Crippen LogP contribution in [0, 0.1) is 5.82 Å². The molecule has 3 atom stereocenters. The number of rotatable bonds is 4. The van der Waals surface area contributed by atoms with Gasteiger partial charge in [-0.05, 0) is 81.9 Å². The van der Waals surface area contributed by atoms with Crippen LogP contribution in [0.1, 0.15) is 58.9 Å². The summed E-state index contributed by atoms with van der Waals surface area (Å²) in [5.41, 5.74) is -2.12. The molecule has 2 aromatic rings. The molecule has 0 aliphatic carbocycles. The van der Waals surface area contributed by atoms with Crippen molar-refractivity contribution in [3.63, 3.8) is 0 Å². The van der Waals surface area contributed by atoms with Crippen molar-refractivity contribution in [1.82, 2.24) is 19.8 Å². The van der Waals surface area contributed by atoms with Crippen LogP contribution >= 0.6 is 15.9 Å². The quantitative estimate of drug-likeness (QED) is 0.342. The molecule has 0 N–H and O–H groups in total. The fourth-order valence-corrected chi connectivity index (χ4v) is 6.31. The molecule has 3 fully saturated rings. The number of carbonyl (C=O) groups excluding carboxylic acids is 1. The molecule has 3 unspecified atom stereocenters. The number of amides is 1. The van der Waals surface area contributed by atoms with Crippen LogP contribution < -0.4 is 9.64 Å². The van der Waals surface area contributed by atoms with Crippen molar-refractivity contribution in [2.75, 3.05) is 44.7 Å². The van der Waals surface area contributed by atoms with Gasteiger partial charge in [-0.15, -0.1) is 0 Å². The Hall–Kier alpha value is -2.48. The second-order valence-corrected chi connectivity index (χ2v) is 12.6. The number of fused-ring (bicyclic) bond motifs is 2. The van der Waals surface area contributed by atoms with E-state index in [1.54, 1.807) is 32.6 Å². The number of anilines is 1. The predicted octanol–water partition coefficient (Wildman–Crippen LogP) is 6.59. The van der Waals surface area contributed by atoms with Crippen molar-refractivity contribution >= 4 is 38.7 Å². The van der Waals surface area contributed by atoms with Crippen molar-refractivity contribution in [2.24, 2.45) is 0 Å². The van der Waals surface area contributed by atoms with Crippen molar-refractivity contribution in [3.8, 4) is 6.01 Å². The maximum atomic E-state index is 15.0. The topological polar surface area (TPSA) is 71.0 Å². The lowest BCUT2D eigenvalue weighted by molar-refractivity contribution is -0.138. The lowest BCUT2D eigenvalue weighted by Crippen LogP contribution is -2.41. The molecule has 1 aromatic heterocycles.